The molecule has 5 heteroatoms. The lowest BCUT2D eigenvalue weighted by Crippen LogP contribution is -2.43. The Morgan fingerprint density at radius 3 is 2.67 bits per heavy atom. The van der Waals surface area contributed by atoms with Crippen LogP contribution in [0.4, 0.5) is 0 Å². The maximum atomic E-state index is 12.4. The number of amides is 1. The van der Waals surface area contributed by atoms with Crippen molar-refractivity contribution in [2.24, 2.45) is 5.92 Å². The number of aliphatic hydroxyl groups excluding tert-OH is 1. The van der Waals surface area contributed by atoms with E-state index in [1.807, 2.05) is 4.90 Å². The predicted octanol–water partition coefficient (Wildman–Crippen LogP) is 2.60. The molecule has 1 N–H and O–H groups in total. The van der Waals surface area contributed by atoms with Gasteiger partial charge in [0.2, 0.25) is 5.91 Å². The van der Waals surface area contributed by atoms with Crippen LogP contribution >= 0.6 is 0 Å². The Labute approximate surface area is 163 Å². The summed E-state index contributed by atoms with van der Waals surface area (Å²) in [5, 5.41) is 9.16. The number of rotatable bonds is 8. The van der Waals surface area contributed by atoms with E-state index in [1.54, 1.807) is 0 Å². The summed E-state index contributed by atoms with van der Waals surface area (Å²) in [7, 11) is 0. The molecule has 0 aliphatic carbocycles. The topological polar surface area (TPSA) is 53.0 Å². The third-order valence-corrected chi connectivity index (χ3v) is 5.97. The van der Waals surface area contributed by atoms with Gasteiger partial charge in [-0.3, -0.25) is 9.69 Å². The van der Waals surface area contributed by atoms with E-state index in [4.69, 9.17) is 9.84 Å². The third kappa shape index (κ3) is 6.03. The number of likely N-dealkylation sites (tertiary alicyclic amines) is 1. The molecular formula is C22H34N2O3. The normalized spacial score (nSPS) is 21.5. The first-order chi connectivity index (χ1) is 13.2. The van der Waals surface area contributed by atoms with Crippen LogP contribution in [-0.2, 0) is 16.1 Å². The van der Waals surface area contributed by atoms with E-state index in [0.29, 0.717) is 12.5 Å². The van der Waals surface area contributed by atoms with Gasteiger partial charge < -0.3 is 14.7 Å². The third-order valence-electron chi connectivity index (χ3n) is 5.97. The Kier molecular flexibility index (Phi) is 7.68. The van der Waals surface area contributed by atoms with Crippen LogP contribution in [0.2, 0.25) is 0 Å². The zero-order chi connectivity index (χ0) is 19.1. The zero-order valence-corrected chi connectivity index (χ0v) is 16.6. The number of carbonyl (C=O) groups is 1. The van der Waals surface area contributed by atoms with Gasteiger partial charge in [0.1, 0.15) is 0 Å². The molecule has 0 spiro atoms. The molecule has 0 aromatic heterocycles. The van der Waals surface area contributed by atoms with Gasteiger partial charge in [-0.15, -0.1) is 0 Å². The van der Waals surface area contributed by atoms with E-state index in [0.717, 1.165) is 58.5 Å². The number of benzene rings is 1. The van der Waals surface area contributed by atoms with Crippen LogP contribution in [0.3, 0.4) is 0 Å². The van der Waals surface area contributed by atoms with Gasteiger partial charge in [0, 0.05) is 32.7 Å². The highest BCUT2D eigenvalue weighted by atomic mass is 16.5. The lowest BCUT2D eigenvalue weighted by atomic mass is 9.95. The van der Waals surface area contributed by atoms with E-state index in [9.17, 15) is 4.79 Å². The van der Waals surface area contributed by atoms with Gasteiger partial charge >= 0.3 is 0 Å². The summed E-state index contributed by atoms with van der Waals surface area (Å²) in [6, 6.07) is 8.61. The molecule has 0 bridgehead atoms. The second-order valence-corrected chi connectivity index (χ2v) is 8.05. The largest absolute Gasteiger partial charge is 0.396 e. The molecule has 2 saturated heterocycles. The molecule has 2 aliphatic rings. The second kappa shape index (κ2) is 10.2. The van der Waals surface area contributed by atoms with Gasteiger partial charge in [0.15, 0.2) is 0 Å². The Bertz CT molecular complexity index is 593. The van der Waals surface area contributed by atoms with Crippen molar-refractivity contribution in [2.75, 3.05) is 39.4 Å². The van der Waals surface area contributed by atoms with Gasteiger partial charge in [-0.25, -0.2) is 0 Å². The SMILES string of the molecule is Cc1ccccc1CN1CCC(CN(CC2CCCO2)C(=O)CCO)CC1. The van der Waals surface area contributed by atoms with Crippen LogP contribution in [0.5, 0.6) is 0 Å². The maximum absolute atomic E-state index is 12.4. The molecule has 2 heterocycles. The Morgan fingerprint density at radius 2 is 2.00 bits per heavy atom. The van der Waals surface area contributed by atoms with Crippen molar-refractivity contribution in [1.82, 2.24) is 9.80 Å². The lowest BCUT2D eigenvalue weighted by molar-refractivity contribution is -0.134. The highest BCUT2D eigenvalue weighted by Crippen LogP contribution is 2.22. The summed E-state index contributed by atoms with van der Waals surface area (Å²) in [5.41, 5.74) is 2.77. The van der Waals surface area contributed by atoms with Crippen molar-refractivity contribution in [3.05, 3.63) is 35.4 Å². The summed E-state index contributed by atoms with van der Waals surface area (Å²) in [4.78, 5) is 16.9. The number of piperidine rings is 1. The highest BCUT2D eigenvalue weighted by molar-refractivity contribution is 5.76. The molecule has 27 heavy (non-hydrogen) atoms. The first-order valence-corrected chi connectivity index (χ1v) is 10.4. The number of aryl methyl sites for hydroxylation is 1. The minimum absolute atomic E-state index is 0.0651. The van der Waals surface area contributed by atoms with Gasteiger partial charge in [-0.05, 0) is 62.7 Å². The van der Waals surface area contributed by atoms with E-state index in [-0.39, 0.29) is 25.0 Å². The molecule has 3 rings (SSSR count). The second-order valence-electron chi connectivity index (χ2n) is 8.05. The Hall–Kier alpha value is -1.43. The predicted molar refractivity (Wildman–Crippen MR) is 106 cm³/mol. The minimum Gasteiger partial charge on any atom is -0.396 e. The smallest absolute Gasteiger partial charge is 0.224 e. The van der Waals surface area contributed by atoms with Crippen molar-refractivity contribution in [3.8, 4) is 0 Å². The summed E-state index contributed by atoms with van der Waals surface area (Å²) in [5.74, 6) is 0.609. The van der Waals surface area contributed by atoms with E-state index in [2.05, 4.69) is 36.1 Å². The van der Waals surface area contributed by atoms with Crippen LogP contribution in [0.1, 0.15) is 43.2 Å². The summed E-state index contributed by atoms with van der Waals surface area (Å²) in [6.07, 6.45) is 4.77. The highest BCUT2D eigenvalue weighted by Gasteiger charge is 2.27. The number of carbonyl (C=O) groups excluding carboxylic acids is 1. The van der Waals surface area contributed by atoms with E-state index < -0.39 is 0 Å². The number of ether oxygens (including phenoxy) is 1. The molecule has 1 unspecified atom stereocenters. The van der Waals surface area contributed by atoms with Gasteiger partial charge in [0.25, 0.3) is 0 Å². The fourth-order valence-electron chi connectivity index (χ4n) is 4.23. The number of hydrogen-bond donors (Lipinski definition) is 1. The van der Waals surface area contributed by atoms with Crippen molar-refractivity contribution in [2.45, 2.75) is 51.7 Å². The van der Waals surface area contributed by atoms with Crippen LogP contribution in [0.15, 0.2) is 24.3 Å². The molecule has 1 aromatic carbocycles. The first-order valence-electron chi connectivity index (χ1n) is 10.4. The van der Waals surface area contributed by atoms with Crippen molar-refractivity contribution in [1.29, 1.82) is 0 Å². The summed E-state index contributed by atoms with van der Waals surface area (Å²) in [6.45, 7) is 7.58. The van der Waals surface area contributed by atoms with Crippen molar-refractivity contribution in [3.63, 3.8) is 0 Å². The first kappa shape index (κ1) is 20.3. The van der Waals surface area contributed by atoms with E-state index in [1.165, 1.54) is 11.1 Å². The van der Waals surface area contributed by atoms with Crippen LogP contribution < -0.4 is 0 Å². The Morgan fingerprint density at radius 1 is 1.22 bits per heavy atom. The minimum atomic E-state index is -0.0737. The molecule has 1 aromatic rings. The quantitative estimate of drug-likeness (QED) is 0.760. The van der Waals surface area contributed by atoms with Crippen LogP contribution in [0.25, 0.3) is 0 Å². The average Bonchev–Trinajstić information content (AvgIpc) is 3.18. The van der Waals surface area contributed by atoms with Gasteiger partial charge in [-0.1, -0.05) is 24.3 Å². The molecule has 5 nitrogen and oxygen atoms in total. The molecule has 0 saturated carbocycles. The van der Waals surface area contributed by atoms with Gasteiger partial charge in [-0.2, -0.15) is 0 Å². The lowest BCUT2D eigenvalue weighted by Gasteiger charge is -2.35. The molecular weight excluding hydrogens is 340 g/mol. The molecule has 1 atom stereocenters. The average molecular weight is 375 g/mol. The van der Waals surface area contributed by atoms with E-state index >= 15 is 0 Å². The molecule has 2 fully saturated rings. The molecule has 0 radical (unpaired) electrons. The zero-order valence-electron chi connectivity index (χ0n) is 16.6. The fraction of sp³-hybridized carbons (Fsp3) is 0.682. The Balaban J connectivity index is 1.49. The number of aliphatic hydroxyl groups is 1. The standard InChI is InChI=1S/C22H34N2O3/c1-18-5-2-3-6-20(18)16-23-11-8-19(9-12-23)15-24(22(26)10-13-25)17-21-7-4-14-27-21/h2-3,5-6,19,21,25H,4,7-17H2,1H3. The summed E-state index contributed by atoms with van der Waals surface area (Å²) < 4.78 is 5.73. The van der Waals surface area contributed by atoms with Gasteiger partial charge in [0.05, 0.1) is 12.7 Å². The molecule has 1 amide bonds. The van der Waals surface area contributed by atoms with Crippen molar-refractivity contribution < 1.29 is 14.6 Å². The maximum Gasteiger partial charge on any atom is 0.224 e. The monoisotopic (exact) mass is 374 g/mol. The molecule has 150 valence electrons. The number of hydrogen-bond acceptors (Lipinski definition) is 4. The number of nitrogens with zero attached hydrogens (tertiary/aromatic N) is 2. The fourth-order valence-corrected chi connectivity index (χ4v) is 4.23. The van der Waals surface area contributed by atoms with Crippen LogP contribution in [-0.4, -0.2) is 66.3 Å². The van der Waals surface area contributed by atoms with Crippen LogP contribution in [0, 0.1) is 12.8 Å². The summed E-state index contributed by atoms with van der Waals surface area (Å²) >= 11 is 0. The molecule has 2 aliphatic heterocycles. The van der Waals surface area contributed by atoms with Crippen molar-refractivity contribution >= 4 is 5.91 Å².